The fraction of sp³-hybridized carbons (Fsp3) is 0.533. The van der Waals surface area contributed by atoms with Crippen molar-refractivity contribution < 1.29 is 4.79 Å². The summed E-state index contributed by atoms with van der Waals surface area (Å²) in [4.78, 5) is 14.8. The summed E-state index contributed by atoms with van der Waals surface area (Å²) in [5, 5.41) is 3.97. The molecule has 110 valence electrons. The maximum atomic E-state index is 12.8. The van der Waals surface area contributed by atoms with Gasteiger partial charge in [0.05, 0.1) is 5.56 Å². The molecule has 1 unspecified atom stereocenters. The molecule has 1 N–H and O–H groups in total. The Kier molecular flexibility index (Phi) is 5.87. The summed E-state index contributed by atoms with van der Waals surface area (Å²) in [6.45, 7) is 4.81. The molecule has 1 aliphatic heterocycles. The van der Waals surface area contributed by atoms with Crippen molar-refractivity contribution in [2.45, 2.75) is 32.2 Å². The van der Waals surface area contributed by atoms with Crippen LogP contribution in [0.2, 0.25) is 5.02 Å². The molecule has 1 aliphatic rings. The molecule has 1 amide bonds. The molecule has 0 radical (unpaired) electrons. The Hall–Kier alpha value is -0.580. The Bertz CT molecular complexity index is 475. The molecular formula is C15H20BrClN2O. The fourth-order valence-corrected chi connectivity index (χ4v) is 3.19. The molecule has 3 nitrogen and oxygen atoms in total. The molecule has 1 saturated heterocycles. The average Bonchev–Trinajstić information content (AvgIpc) is 2.47. The molecule has 0 aromatic heterocycles. The number of rotatable bonds is 4. The van der Waals surface area contributed by atoms with Crippen LogP contribution < -0.4 is 5.32 Å². The van der Waals surface area contributed by atoms with Crippen molar-refractivity contribution in [3.8, 4) is 0 Å². The van der Waals surface area contributed by atoms with E-state index in [1.54, 1.807) is 12.1 Å². The molecule has 5 heteroatoms. The molecular weight excluding hydrogens is 340 g/mol. The zero-order chi connectivity index (χ0) is 14.5. The van der Waals surface area contributed by atoms with Crippen LogP contribution in [0.15, 0.2) is 22.7 Å². The number of amides is 1. The number of halogens is 2. The third-order valence-electron chi connectivity index (χ3n) is 3.60. The van der Waals surface area contributed by atoms with Crippen LogP contribution in [0, 0.1) is 0 Å². The van der Waals surface area contributed by atoms with Gasteiger partial charge in [0.25, 0.3) is 5.91 Å². The third kappa shape index (κ3) is 3.74. The van der Waals surface area contributed by atoms with Crippen molar-refractivity contribution in [2.75, 3.05) is 19.6 Å². The van der Waals surface area contributed by atoms with Gasteiger partial charge in [0.1, 0.15) is 0 Å². The van der Waals surface area contributed by atoms with Crippen LogP contribution >= 0.6 is 27.5 Å². The number of nitrogens with zero attached hydrogens (tertiary/aromatic N) is 1. The van der Waals surface area contributed by atoms with E-state index in [0.29, 0.717) is 10.6 Å². The van der Waals surface area contributed by atoms with Crippen LogP contribution in [0.25, 0.3) is 0 Å². The van der Waals surface area contributed by atoms with Gasteiger partial charge in [-0.1, -0.05) is 18.5 Å². The van der Waals surface area contributed by atoms with E-state index < -0.39 is 0 Å². The minimum atomic E-state index is 0.0647. The molecule has 2 rings (SSSR count). The third-order valence-corrected chi connectivity index (χ3v) is 4.52. The van der Waals surface area contributed by atoms with Gasteiger partial charge in [-0.3, -0.25) is 4.79 Å². The van der Waals surface area contributed by atoms with Crippen LogP contribution in [0.1, 0.15) is 36.5 Å². The van der Waals surface area contributed by atoms with Gasteiger partial charge in [0, 0.05) is 28.6 Å². The van der Waals surface area contributed by atoms with Crippen LogP contribution in [0.3, 0.4) is 0 Å². The van der Waals surface area contributed by atoms with E-state index in [1.165, 1.54) is 0 Å². The minimum absolute atomic E-state index is 0.0647. The largest absolute Gasteiger partial charge is 0.334 e. The SMILES string of the molecule is CCCN(C(=O)c1cc(Cl)ccc1Br)C1CCCNC1. The number of nitrogens with one attached hydrogen (secondary N) is 1. The van der Waals surface area contributed by atoms with Gasteiger partial charge in [0.2, 0.25) is 0 Å². The standard InChI is InChI=1S/C15H20BrClN2O/c1-2-8-19(12-4-3-7-18-10-12)15(20)13-9-11(17)5-6-14(13)16/h5-6,9,12,18H,2-4,7-8,10H2,1H3. The van der Waals surface area contributed by atoms with Crippen molar-refractivity contribution in [1.29, 1.82) is 0 Å². The van der Waals surface area contributed by atoms with Crippen LogP contribution in [-0.2, 0) is 0 Å². The molecule has 0 aliphatic carbocycles. The summed E-state index contributed by atoms with van der Waals surface area (Å²) < 4.78 is 0.803. The molecule has 1 atom stereocenters. The second-order valence-electron chi connectivity index (χ2n) is 5.12. The summed E-state index contributed by atoms with van der Waals surface area (Å²) >= 11 is 9.48. The lowest BCUT2D eigenvalue weighted by atomic mass is 10.0. The van der Waals surface area contributed by atoms with Crippen molar-refractivity contribution in [2.24, 2.45) is 0 Å². The highest BCUT2D eigenvalue weighted by Crippen LogP contribution is 2.24. The first-order chi connectivity index (χ1) is 9.63. The molecule has 1 fully saturated rings. The van der Waals surface area contributed by atoms with E-state index in [0.717, 1.165) is 43.4 Å². The minimum Gasteiger partial charge on any atom is -0.334 e. The number of hydrogen-bond acceptors (Lipinski definition) is 2. The molecule has 1 aromatic carbocycles. The Morgan fingerprint density at radius 1 is 1.55 bits per heavy atom. The van der Waals surface area contributed by atoms with Crippen LogP contribution in [-0.4, -0.2) is 36.5 Å². The first kappa shape index (κ1) is 15.8. The lowest BCUT2D eigenvalue weighted by Gasteiger charge is -2.35. The Morgan fingerprint density at radius 3 is 3.00 bits per heavy atom. The summed E-state index contributed by atoms with van der Waals surface area (Å²) in [5.74, 6) is 0.0647. The Labute approximate surface area is 133 Å². The normalized spacial score (nSPS) is 18.9. The van der Waals surface area contributed by atoms with E-state index in [-0.39, 0.29) is 11.9 Å². The van der Waals surface area contributed by atoms with Gasteiger partial charge >= 0.3 is 0 Å². The van der Waals surface area contributed by atoms with Crippen molar-refractivity contribution in [1.82, 2.24) is 10.2 Å². The highest BCUT2D eigenvalue weighted by Gasteiger charge is 2.26. The van der Waals surface area contributed by atoms with E-state index >= 15 is 0 Å². The topological polar surface area (TPSA) is 32.3 Å². The molecule has 20 heavy (non-hydrogen) atoms. The van der Waals surface area contributed by atoms with Crippen molar-refractivity contribution in [3.05, 3.63) is 33.3 Å². The lowest BCUT2D eigenvalue weighted by molar-refractivity contribution is 0.0648. The molecule has 1 aromatic rings. The highest BCUT2D eigenvalue weighted by atomic mass is 79.9. The van der Waals surface area contributed by atoms with E-state index in [2.05, 4.69) is 28.2 Å². The first-order valence-corrected chi connectivity index (χ1v) is 8.27. The summed E-state index contributed by atoms with van der Waals surface area (Å²) in [6.07, 6.45) is 3.15. The smallest absolute Gasteiger partial charge is 0.255 e. The van der Waals surface area contributed by atoms with Crippen molar-refractivity contribution >= 4 is 33.4 Å². The first-order valence-electron chi connectivity index (χ1n) is 7.10. The second-order valence-corrected chi connectivity index (χ2v) is 6.41. The Balaban J connectivity index is 2.23. The number of benzene rings is 1. The van der Waals surface area contributed by atoms with Crippen LogP contribution in [0.4, 0.5) is 0 Å². The van der Waals surface area contributed by atoms with E-state index in [1.807, 2.05) is 11.0 Å². The van der Waals surface area contributed by atoms with E-state index in [4.69, 9.17) is 11.6 Å². The summed E-state index contributed by atoms with van der Waals surface area (Å²) in [7, 11) is 0. The predicted molar refractivity (Wildman–Crippen MR) is 86.4 cm³/mol. The number of carbonyl (C=O) groups is 1. The lowest BCUT2D eigenvalue weighted by Crippen LogP contribution is -2.49. The Morgan fingerprint density at radius 2 is 2.35 bits per heavy atom. The van der Waals surface area contributed by atoms with Gasteiger partial charge in [-0.2, -0.15) is 0 Å². The van der Waals surface area contributed by atoms with E-state index in [9.17, 15) is 4.79 Å². The van der Waals surface area contributed by atoms with Gasteiger partial charge in [-0.15, -0.1) is 0 Å². The van der Waals surface area contributed by atoms with Crippen LogP contribution in [0.5, 0.6) is 0 Å². The molecule has 0 spiro atoms. The predicted octanol–water partition coefficient (Wildman–Crippen LogP) is 3.71. The summed E-state index contributed by atoms with van der Waals surface area (Å²) in [5.41, 5.74) is 0.650. The number of piperidine rings is 1. The second kappa shape index (κ2) is 7.43. The molecule has 0 saturated carbocycles. The average molecular weight is 360 g/mol. The fourth-order valence-electron chi connectivity index (χ4n) is 2.61. The van der Waals surface area contributed by atoms with Gasteiger partial charge < -0.3 is 10.2 Å². The molecule has 1 heterocycles. The summed E-state index contributed by atoms with van der Waals surface area (Å²) in [6, 6.07) is 5.64. The number of carbonyl (C=O) groups excluding carboxylic acids is 1. The zero-order valence-corrected chi connectivity index (χ0v) is 14.0. The van der Waals surface area contributed by atoms with Crippen molar-refractivity contribution in [3.63, 3.8) is 0 Å². The monoisotopic (exact) mass is 358 g/mol. The number of hydrogen-bond donors (Lipinski definition) is 1. The molecule has 0 bridgehead atoms. The van der Waals surface area contributed by atoms with Gasteiger partial charge in [-0.25, -0.2) is 0 Å². The maximum Gasteiger partial charge on any atom is 0.255 e. The van der Waals surface area contributed by atoms with Gasteiger partial charge in [-0.05, 0) is 59.9 Å². The highest BCUT2D eigenvalue weighted by molar-refractivity contribution is 9.10. The van der Waals surface area contributed by atoms with Gasteiger partial charge in [0.15, 0.2) is 0 Å². The quantitative estimate of drug-likeness (QED) is 0.889. The zero-order valence-electron chi connectivity index (χ0n) is 11.7. The maximum absolute atomic E-state index is 12.8.